The van der Waals surface area contributed by atoms with E-state index in [9.17, 15) is 14.0 Å². The number of carboxylic acids is 1. The molecule has 0 aliphatic carbocycles. The zero-order valence-electron chi connectivity index (χ0n) is 11.5. The van der Waals surface area contributed by atoms with E-state index >= 15 is 0 Å². The molecule has 116 valence electrons. The average Bonchev–Trinajstić information content (AvgIpc) is 2.42. The van der Waals surface area contributed by atoms with Crippen molar-refractivity contribution in [3.8, 4) is 0 Å². The van der Waals surface area contributed by atoms with Crippen LogP contribution >= 0.6 is 11.6 Å². The summed E-state index contributed by atoms with van der Waals surface area (Å²) < 4.78 is 13.5. The molecule has 0 heterocycles. The second kappa shape index (κ2) is 9.18. The highest BCUT2D eigenvalue weighted by Crippen LogP contribution is 2.21. The Balaban J connectivity index is 2.17. The smallest absolute Gasteiger partial charge is 0.319 e. The number of benzene rings is 1. The summed E-state index contributed by atoms with van der Waals surface area (Å²) in [6, 6.07) is 3.87. The summed E-state index contributed by atoms with van der Waals surface area (Å²) in [6.07, 6.45) is 3.18. The summed E-state index contributed by atoms with van der Waals surface area (Å²) >= 11 is 5.61. The maximum absolute atomic E-state index is 13.5. The molecule has 0 aromatic heterocycles. The van der Waals surface area contributed by atoms with E-state index in [0.717, 1.165) is 19.3 Å². The molecule has 0 fully saturated rings. The van der Waals surface area contributed by atoms with E-state index in [1.165, 1.54) is 12.1 Å². The van der Waals surface area contributed by atoms with Crippen LogP contribution < -0.4 is 10.6 Å². The van der Waals surface area contributed by atoms with Crippen molar-refractivity contribution in [1.82, 2.24) is 5.32 Å². The number of urea groups is 1. The van der Waals surface area contributed by atoms with Crippen LogP contribution in [-0.4, -0.2) is 23.7 Å². The van der Waals surface area contributed by atoms with Gasteiger partial charge in [0.25, 0.3) is 0 Å². The Morgan fingerprint density at radius 3 is 2.62 bits per heavy atom. The molecule has 0 spiro atoms. The second-order valence-electron chi connectivity index (χ2n) is 4.54. The lowest BCUT2D eigenvalue weighted by molar-refractivity contribution is -0.137. The van der Waals surface area contributed by atoms with Gasteiger partial charge in [-0.2, -0.15) is 0 Å². The zero-order chi connectivity index (χ0) is 15.7. The molecule has 1 aromatic carbocycles. The molecule has 0 aliphatic heterocycles. The van der Waals surface area contributed by atoms with E-state index in [2.05, 4.69) is 10.6 Å². The molecule has 0 atom stereocenters. The van der Waals surface area contributed by atoms with Gasteiger partial charge in [0.1, 0.15) is 0 Å². The van der Waals surface area contributed by atoms with Crippen LogP contribution in [0.25, 0.3) is 0 Å². The topological polar surface area (TPSA) is 78.4 Å². The van der Waals surface area contributed by atoms with E-state index in [1.54, 1.807) is 6.07 Å². The first kappa shape index (κ1) is 17.2. The quantitative estimate of drug-likeness (QED) is 0.641. The molecule has 2 amide bonds. The van der Waals surface area contributed by atoms with Crippen molar-refractivity contribution in [2.24, 2.45) is 0 Å². The van der Waals surface area contributed by atoms with Gasteiger partial charge in [-0.25, -0.2) is 9.18 Å². The van der Waals surface area contributed by atoms with Gasteiger partial charge in [-0.1, -0.05) is 30.5 Å². The van der Waals surface area contributed by atoms with Gasteiger partial charge >= 0.3 is 12.0 Å². The minimum absolute atomic E-state index is 0.0291. The van der Waals surface area contributed by atoms with E-state index in [1.807, 2.05) is 0 Å². The molecule has 3 N–H and O–H groups in total. The number of unbranched alkanes of at least 4 members (excludes halogenated alkanes) is 3. The van der Waals surface area contributed by atoms with Crippen molar-refractivity contribution >= 4 is 29.3 Å². The van der Waals surface area contributed by atoms with Crippen molar-refractivity contribution in [2.75, 3.05) is 11.9 Å². The van der Waals surface area contributed by atoms with Crippen molar-refractivity contribution in [1.29, 1.82) is 0 Å². The number of hydrogen-bond donors (Lipinski definition) is 3. The monoisotopic (exact) mass is 316 g/mol. The highest BCUT2D eigenvalue weighted by molar-refractivity contribution is 6.31. The number of amides is 2. The fraction of sp³-hybridized carbons (Fsp3) is 0.429. The number of nitrogens with one attached hydrogen (secondary N) is 2. The van der Waals surface area contributed by atoms with Gasteiger partial charge in [-0.3, -0.25) is 4.79 Å². The standard InChI is InChI=1S/C14H18ClFN2O3/c15-10-6-5-7-11(13(10)16)18-14(21)17-9-4-2-1-3-8-12(19)20/h5-7H,1-4,8-9H2,(H,19,20)(H2,17,18,21). The van der Waals surface area contributed by atoms with Gasteiger partial charge in [-0.05, 0) is 25.0 Å². The Labute approximate surface area is 127 Å². The molecule has 0 saturated heterocycles. The number of carboxylic acid groups (broad SMARTS) is 1. The number of carbonyl (C=O) groups is 2. The maximum atomic E-state index is 13.5. The van der Waals surface area contributed by atoms with Gasteiger partial charge in [0.2, 0.25) is 0 Å². The Morgan fingerprint density at radius 1 is 1.19 bits per heavy atom. The third-order valence-corrected chi connectivity index (χ3v) is 3.09. The average molecular weight is 317 g/mol. The minimum Gasteiger partial charge on any atom is -0.481 e. The maximum Gasteiger partial charge on any atom is 0.319 e. The SMILES string of the molecule is O=C(O)CCCCCCNC(=O)Nc1cccc(Cl)c1F. The zero-order valence-corrected chi connectivity index (χ0v) is 12.3. The number of hydrogen-bond acceptors (Lipinski definition) is 2. The lowest BCUT2D eigenvalue weighted by atomic mass is 10.1. The summed E-state index contributed by atoms with van der Waals surface area (Å²) in [5, 5.41) is 13.4. The van der Waals surface area contributed by atoms with Gasteiger partial charge in [0.15, 0.2) is 5.82 Å². The normalized spacial score (nSPS) is 10.2. The van der Waals surface area contributed by atoms with E-state index in [-0.39, 0.29) is 17.1 Å². The van der Waals surface area contributed by atoms with Crippen LogP contribution in [0.15, 0.2) is 18.2 Å². The Hall–Kier alpha value is -1.82. The van der Waals surface area contributed by atoms with E-state index < -0.39 is 17.8 Å². The molecule has 1 rings (SSSR count). The van der Waals surface area contributed by atoms with E-state index in [4.69, 9.17) is 16.7 Å². The Kier molecular flexibility index (Phi) is 7.53. The third kappa shape index (κ3) is 6.94. The van der Waals surface area contributed by atoms with Gasteiger partial charge in [0.05, 0.1) is 10.7 Å². The highest BCUT2D eigenvalue weighted by Gasteiger charge is 2.08. The molecule has 0 aliphatic rings. The molecular formula is C14H18ClFN2O3. The lowest BCUT2D eigenvalue weighted by Crippen LogP contribution is -2.29. The first-order chi connectivity index (χ1) is 10.0. The van der Waals surface area contributed by atoms with Gasteiger partial charge in [-0.15, -0.1) is 0 Å². The van der Waals surface area contributed by atoms with Crippen LogP contribution in [-0.2, 0) is 4.79 Å². The molecule has 0 saturated carbocycles. The predicted molar refractivity (Wildman–Crippen MR) is 79.2 cm³/mol. The minimum atomic E-state index is -0.795. The van der Waals surface area contributed by atoms with Crippen LogP contribution in [0.2, 0.25) is 5.02 Å². The number of carbonyl (C=O) groups excluding carboxylic acids is 1. The molecule has 1 aromatic rings. The fourth-order valence-electron chi connectivity index (χ4n) is 1.72. The van der Waals surface area contributed by atoms with Crippen LogP contribution in [0.3, 0.4) is 0 Å². The molecule has 7 heteroatoms. The molecule has 5 nitrogen and oxygen atoms in total. The third-order valence-electron chi connectivity index (χ3n) is 2.80. The molecule has 0 unspecified atom stereocenters. The number of anilines is 1. The summed E-state index contributed by atoms with van der Waals surface area (Å²) in [5.41, 5.74) is 0.0291. The number of rotatable bonds is 8. The highest BCUT2D eigenvalue weighted by atomic mass is 35.5. The number of halogens is 2. The first-order valence-electron chi connectivity index (χ1n) is 6.71. The molecule has 0 radical (unpaired) electrons. The van der Waals surface area contributed by atoms with Crippen molar-refractivity contribution in [2.45, 2.75) is 32.1 Å². The molecular weight excluding hydrogens is 299 g/mol. The summed E-state index contributed by atoms with van der Waals surface area (Å²) in [7, 11) is 0. The molecule has 0 bridgehead atoms. The Bertz CT molecular complexity index is 497. The van der Waals surface area contributed by atoms with Crippen molar-refractivity contribution in [3.63, 3.8) is 0 Å². The van der Waals surface area contributed by atoms with Crippen LogP contribution in [0.4, 0.5) is 14.9 Å². The lowest BCUT2D eigenvalue weighted by Gasteiger charge is -2.08. The summed E-state index contributed by atoms with van der Waals surface area (Å²) in [5.74, 6) is -1.46. The van der Waals surface area contributed by atoms with Crippen molar-refractivity contribution < 1.29 is 19.1 Å². The second-order valence-corrected chi connectivity index (χ2v) is 4.95. The van der Waals surface area contributed by atoms with E-state index in [0.29, 0.717) is 13.0 Å². The van der Waals surface area contributed by atoms with Crippen LogP contribution in [0, 0.1) is 5.82 Å². The van der Waals surface area contributed by atoms with Gasteiger partial charge < -0.3 is 15.7 Å². The van der Waals surface area contributed by atoms with Crippen LogP contribution in [0.5, 0.6) is 0 Å². The predicted octanol–water partition coefficient (Wildman–Crippen LogP) is 3.64. The largest absolute Gasteiger partial charge is 0.481 e. The number of aliphatic carboxylic acids is 1. The first-order valence-corrected chi connectivity index (χ1v) is 7.09. The summed E-state index contributed by atoms with van der Waals surface area (Å²) in [4.78, 5) is 21.8. The van der Waals surface area contributed by atoms with Crippen molar-refractivity contribution in [3.05, 3.63) is 29.0 Å². The van der Waals surface area contributed by atoms with Crippen LogP contribution in [0.1, 0.15) is 32.1 Å². The Morgan fingerprint density at radius 2 is 1.90 bits per heavy atom. The fourth-order valence-corrected chi connectivity index (χ4v) is 1.90. The summed E-state index contributed by atoms with van der Waals surface area (Å²) in [6.45, 7) is 0.446. The van der Waals surface area contributed by atoms with Gasteiger partial charge in [0, 0.05) is 13.0 Å². The molecule has 21 heavy (non-hydrogen) atoms.